The van der Waals surface area contributed by atoms with Gasteiger partial charge in [0.1, 0.15) is 0 Å². The molecule has 2 aliphatic rings. The highest BCUT2D eigenvalue weighted by Gasteiger charge is 2.28. The van der Waals surface area contributed by atoms with Crippen molar-refractivity contribution in [1.82, 2.24) is 10.2 Å². The molecule has 2 fully saturated rings. The van der Waals surface area contributed by atoms with Crippen molar-refractivity contribution in [3.8, 4) is 0 Å². The maximum Gasteiger partial charge on any atom is 0.0639 e. The van der Waals surface area contributed by atoms with E-state index < -0.39 is 0 Å². The molecule has 2 aliphatic heterocycles. The molecule has 0 bridgehead atoms. The molecule has 0 aromatic carbocycles. The molecule has 2 saturated heterocycles. The van der Waals surface area contributed by atoms with Gasteiger partial charge in [-0.1, -0.05) is 0 Å². The highest BCUT2D eigenvalue weighted by Crippen LogP contribution is 2.25. The highest BCUT2D eigenvalue weighted by atomic mass is 16.3. The quantitative estimate of drug-likeness (QED) is 0.727. The van der Waals surface area contributed by atoms with Gasteiger partial charge in [0.15, 0.2) is 0 Å². The van der Waals surface area contributed by atoms with Crippen LogP contribution in [-0.4, -0.2) is 48.3 Å². The SMILES string of the molecule is C[C@@H](O)CN1CCC(C2CCCN2)CC1. The molecule has 0 amide bonds. The number of piperidine rings is 1. The normalized spacial score (nSPS) is 32.0. The van der Waals surface area contributed by atoms with Crippen molar-refractivity contribution in [2.75, 3.05) is 26.2 Å². The van der Waals surface area contributed by atoms with Crippen LogP contribution in [0.1, 0.15) is 32.6 Å². The molecular formula is C12H24N2O. The number of aliphatic hydroxyl groups is 1. The molecule has 0 aromatic rings. The Morgan fingerprint density at radius 1 is 1.33 bits per heavy atom. The van der Waals surface area contributed by atoms with E-state index in [1.807, 2.05) is 6.92 Å². The molecule has 2 rings (SSSR count). The standard InChI is InChI=1S/C12H24N2O/c1-10(15)9-14-7-4-11(5-8-14)12-3-2-6-13-12/h10-13,15H,2-9H2,1H3/t10-,12?/m1/s1. The molecule has 1 unspecified atom stereocenters. The van der Waals surface area contributed by atoms with Gasteiger partial charge in [-0.2, -0.15) is 0 Å². The molecule has 88 valence electrons. The van der Waals surface area contributed by atoms with Gasteiger partial charge in [-0.15, -0.1) is 0 Å². The number of hydrogen-bond acceptors (Lipinski definition) is 3. The Morgan fingerprint density at radius 3 is 2.60 bits per heavy atom. The van der Waals surface area contributed by atoms with Crippen LogP contribution in [0.4, 0.5) is 0 Å². The predicted molar refractivity (Wildman–Crippen MR) is 61.9 cm³/mol. The van der Waals surface area contributed by atoms with Gasteiger partial charge in [-0.25, -0.2) is 0 Å². The van der Waals surface area contributed by atoms with Gasteiger partial charge >= 0.3 is 0 Å². The van der Waals surface area contributed by atoms with Gasteiger partial charge in [0, 0.05) is 12.6 Å². The van der Waals surface area contributed by atoms with Gasteiger partial charge in [-0.3, -0.25) is 0 Å². The number of nitrogens with one attached hydrogen (secondary N) is 1. The van der Waals surface area contributed by atoms with Crippen LogP contribution in [0.2, 0.25) is 0 Å². The van der Waals surface area contributed by atoms with Gasteiger partial charge in [0.2, 0.25) is 0 Å². The second-order valence-electron chi connectivity index (χ2n) is 5.19. The van der Waals surface area contributed by atoms with Gasteiger partial charge in [0.25, 0.3) is 0 Å². The van der Waals surface area contributed by atoms with Crippen molar-refractivity contribution >= 4 is 0 Å². The molecule has 0 aliphatic carbocycles. The molecule has 3 nitrogen and oxygen atoms in total. The maximum absolute atomic E-state index is 9.33. The number of aliphatic hydroxyl groups excluding tert-OH is 1. The largest absolute Gasteiger partial charge is 0.392 e. The summed E-state index contributed by atoms with van der Waals surface area (Å²) in [6.07, 6.45) is 5.18. The molecular weight excluding hydrogens is 188 g/mol. The van der Waals surface area contributed by atoms with E-state index in [2.05, 4.69) is 10.2 Å². The smallest absolute Gasteiger partial charge is 0.0639 e. The Kier molecular flexibility index (Phi) is 4.00. The van der Waals surface area contributed by atoms with E-state index in [9.17, 15) is 5.11 Å². The minimum atomic E-state index is -0.175. The Hall–Kier alpha value is -0.120. The van der Waals surface area contributed by atoms with Crippen LogP contribution >= 0.6 is 0 Å². The third-order valence-corrected chi connectivity index (χ3v) is 3.82. The summed E-state index contributed by atoms with van der Waals surface area (Å²) < 4.78 is 0. The topological polar surface area (TPSA) is 35.5 Å². The van der Waals surface area contributed by atoms with Crippen LogP contribution in [0.25, 0.3) is 0 Å². The Bertz CT molecular complexity index is 182. The molecule has 15 heavy (non-hydrogen) atoms. The summed E-state index contributed by atoms with van der Waals surface area (Å²) >= 11 is 0. The minimum absolute atomic E-state index is 0.175. The fourth-order valence-corrected chi connectivity index (χ4v) is 3.03. The van der Waals surface area contributed by atoms with Crippen molar-refractivity contribution < 1.29 is 5.11 Å². The van der Waals surface area contributed by atoms with Crippen molar-refractivity contribution in [1.29, 1.82) is 0 Å². The summed E-state index contributed by atoms with van der Waals surface area (Å²) in [7, 11) is 0. The summed E-state index contributed by atoms with van der Waals surface area (Å²) in [5.74, 6) is 0.887. The molecule has 2 N–H and O–H groups in total. The van der Waals surface area contributed by atoms with E-state index in [-0.39, 0.29) is 6.10 Å². The zero-order chi connectivity index (χ0) is 10.7. The van der Waals surface area contributed by atoms with Crippen LogP contribution in [0.15, 0.2) is 0 Å². The third-order valence-electron chi connectivity index (χ3n) is 3.82. The lowest BCUT2D eigenvalue weighted by Crippen LogP contribution is -2.42. The summed E-state index contributed by atoms with van der Waals surface area (Å²) in [5.41, 5.74) is 0. The number of β-amino-alcohol motifs (C(OH)–C–C–N with tert-alkyl or cyclic N) is 1. The van der Waals surface area contributed by atoms with Crippen LogP contribution < -0.4 is 5.32 Å². The van der Waals surface area contributed by atoms with Crippen molar-refractivity contribution in [3.63, 3.8) is 0 Å². The zero-order valence-electron chi connectivity index (χ0n) is 9.78. The molecule has 0 aromatic heterocycles. The Morgan fingerprint density at radius 2 is 2.07 bits per heavy atom. The average molecular weight is 212 g/mol. The van der Waals surface area contributed by atoms with Crippen LogP contribution in [0.3, 0.4) is 0 Å². The lowest BCUT2D eigenvalue weighted by molar-refractivity contribution is 0.0938. The average Bonchev–Trinajstić information content (AvgIpc) is 2.71. The number of rotatable bonds is 3. The molecule has 2 atom stereocenters. The van der Waals surface area contributed by atoms with Crippen LogP contribution in [-0.2, 0) is 0 Å². The van der Waals surface area contributed by atoms with Gasteiger partial charge in [0.05, 0.1) is 6.10 Å². The second kappa shape index (κ2) is 5.28. The monoisotopic (exact) mass is 212 g/mol. The second-order valence-corrected chi connectivity index (χ2v) is 5.19. The fraction of sp³-hybridized carbons (Fsp3) is 1.00. The summed E-state index contributed by atoms with van der Waals surface area (Å²) in [6.45, 7) is 6.30. The Balaban J connectivity index is 1.71. The van der Waals surface area contributed by atoms with Crippen molar-refractivity contribution in [3.05, 3.63) is 0 Å². The fourth-order valence-electron chi connectivity index (χ4n) is 3.03. The lowest BCUT2D eigenvalue weighted by atomic mass is 9.88. The first kappa shape index (κ1) is 11.4. The van der Waals surface area contributed by atoms with Gasteiger partial charge < -0.3 is 15.3 Å². The molecule has 2 heterocycles. The summed E-state index contributed by atoms with van der Waals surface area (Å²) in [5, 5.41) is 12.9. The van der Waals surface area contributed by atoms with Gasteiger partial charge in [-0.05, 0) is 58.2 Å². The van der Waals surface area contributed by atoms with E-state index in [0.717, 1.165) is 18.5 Å². The number of likely N-dealkylation sites (tertiary alicyclic amines) is 1. The first-order chi connectivity index (χ1) is 7.25. The van der Waals surface area contributed by atoms with Crippen LogP contribution in [0, 0.1) is 5.92 Å². The van der Waals surface area contributed by atoms with E-state index in [1.54, 1.807) is 0 Å². The molecule has 0 radical (unpaired) electrons. The Labute approximate surface area is 92.8 Å². The van der Waals surface area contributed by atoms with Crippen molar-refractivity contribution in [2.24, 2.45) is 5.92 Å². The van der Waals surface area contributed by atoms with Crippen LogP contribution in [0.5, 0.6) is 0 Å². The number of hydrogen-bond donors (Lipinski definition) is 2. The minimum Gasteiger partial charge on any atom is -0.392 e. The third kappa shape index (κ3) is 3.16. The summed E-state index contributed by atoms with van der Waals surface area (Å²) in [4.78, 5) is 2.40. The molecule has 0 spiro atoms. The lowest BCUT2D eigenvalue weighted by Gasteiger charge is -2.35. The zero-order valence-corrected chi connectivity index (χ0v) is 9.78. The van der Waals surface area contributed by atoms with E-state index >= 15 is 0 Å². The number of nitrogens with zero attached hydrogens (tertiary/aromatic N) is 1. The first-order valence-corrected chi connectivity index (χ1v) is 6.39. The van der Waals surface area contributed by atoms with E-state index in [4.69, 9.17) is 0 Å². The molecule has 3 heteroatoms. The first-order valence-electron chi connectivity index (χ1n) is 6.39. The summed E-state index contributed by atoms with van der Waals surface area (Å²) in [6, 6.07) is 0.790. The predicted octanol–water partition coefficient (Wildman–Crippen LogP) is 0.831. The van der Waals surface area contributed by atoms with E-state index in [0.29, 0.717) is 0 Å². The van der Waals surface area contributed by atoms with E-state index in [1.165, 1.54) is 45.3 Å². The molecule has 0 saturated carbocycles. The van der Waals surface area contributed by atoms with Crippen molar-refractivity contribution in [2.45, 2.75) is 44.8 Å². The maximum atomic E-state index is 9.33. The highest BCUT2D eigenvalue weighted by molar-refractivity contribution is 4.85.